The molecule has 3 aromatic rings. The summed E-state index contributed by atoms with van der Waals surface area (Å²) in [6, 6.07) is 10.2. The van der Waals surface area contributed by atoms with Crippen molar-refractivity contribution in [2.24, 2.45) is 0 Å². The number of hydrogen-bond donors (Lipinski definition) is 1. The molecule has 0 atom stereocenters. The molecular formula is C22H11F6I3O7S. The number of rotatable bonds is 6. The average molecular weight is 914 g/mol. The predicted molar refractivity (Wildman–Crippen MR) is 150 cm³/mol. The van der Waals surface area contributed by atoms with Gasteiger partial charge in [0.25, 0.3) is 10.1 Å². The molecule has 0 saturated heterocycles. The van der Waals surface area contributed by atoms with E-state index in [0.717, 1.165) is 21.8 Å². The van der Waals surface area contributed by atoms with Crippen LogP contribution in [-0.4, -0.2) is 48.6 Å². The highest BCUT2D eigenvalue weighted by atomic mass is 127. The minimum Gasteiger partial charge on any atom is -0.435 e. The highest BCUT2D eigenvalue weighted by Gasteiger charge is 2.76. The van der Waals surface area contributed by atoms with Gasteiger partial charge in [0.05, 0.1) is 18.3 Å². The van der Waals surface area contributed by atoms with Crippen molar-refractivity contribution in [3.63, 3.8) is 0 Å². The summed E-state index contributed by atoms with van der Waals surface area (Å²) in [5.74, 6) is -5.94. The standard InChI is InChI=1S/C22H11F6I3O7S/c23-21(24,25)20(22(26,27)28,9-39(34,35)36)38-19(33)13-6-2-3-10-11(13)4-1-5-12(10)18(32)37-17-15(30)8-7-14(29)16(17)31/h1-8H,9H2,(H,34,35,36). The maximum Gasteiger partial charge on any atom is 0.438 e. The molecule has 0 spiro atoms. The number of halogens is 9. The van der Waals surface area contributed by atoms with E-state index in [1.165, 1.54) is 18.2 Å². The summed E-state index contributed by atoms with van der Waals surface area (Å²) in [5, 5.41) is -0.360. The fourth-order valence-electron chi connectivity index (χ4n) is 3.36. The molecule has 3 aromatic carbocycles. The number of fused-ring (bicyclic) bond motifs is 1. The molecule has 17 heteroatoms. The van der Waals surface area contributed by atoms with Crippen LogP contribution >= 0.6 is 67.8 Å². The molecule has 210 valence electrons. The molecule has 39 heavy (non-hydrogen) atoms. The van der Waals surface area contributed by atoms with Gasteiger partial charge in [-0.3, -0.25) is 4.55 Å². The van der Waals surface area contributed by atoms with Gasteiger partial charge in [-0.2, -0.15) is 34.8 Å². The Morgan fingerprint density at radius 1 is 0.769 bits per heavy atom. The molecule has 3 rings (SSSR count). The molecule has 0 aromatic heterocycles. The second-order valence-corrected chi connectivity index (χ2v) is 12.6. The number of esters is 2. The van der Waals surface area contributed by atoms with E-state index in [1.807, 2.05) is 67.8 Å². The Kier molecular flexibility index (Phi) is 9.40. The van der Waals surface area contributed by atoms with Gasteiger partial charge in [0.15, 0.2) is 5.75 Å². The molecule has 0 aliphatic rings. The Hall–Kier alpha value is -1.46. The zero-order chi connectivity index (χ0) is 29.6. The normalized spacial score (nSPS) is 12.9. The van der Waals surface area contributed by atoms with E-state index < -0.39 is 51.3 Å². The molecule has 1 N–H and O–H groups in total. The number of alkyl halides is 6. The van der Waals surface area contributed by atoms with Gasteiger partial charge in [0.1, 0.15) is 5.75 Å². The second kappa shape index (κ2) is 11.4. The average Bonchev–Trinajstić information content (AvgIpc) is 2.80. The van der Waals surface area contributed by atoms with Crippen LogP contribution in [0, 0.1) is 10.7 Å². The molecule has 7 nitrogen and oxygen atoms in total. The minimum atomic E-state index is -6.49. The number of carbonyl (C=O) groups is 2. The van der Waals surface area contributed by atoms with Gasteiger partial charge in [-0.15, -0.1) is 0 Å². The third kappa shape index (κ3) is 6.72. The van der Waals surface area contributed by atoms with Crippen LogP contribution in [0.1, 0.15) is 20.7 Å². The summed E-state index contributed by atoms with van der Waals surface area (Å²) in [6.45, 7) is 0. The lowest BCUT2D eigenvalue weighted by atomic mass is 9.99. The van der Waals surface area contributed by atoms with E-state index in [-0.39, 0.29) is 22.1 Å². The molecule has 0 heterocycles. The monoisotopic (exact) mass is 914 g/mol. The fourth-order valence-corrected chi connectivity index (χ4v) is 6.34. The second-order valence-electron chi connectivity index (χ2n) is 7.71. The van der Waals surface area contributed by atoms with Crippen molar-refractivity contribution in [1.29, 1.82) is 0 Å². The molecule has 0 aliphatic carbocycles. The van der Waals surface area contributed by atoms with Crippen molar-refractivity contribution >= 4 is 101 Å². The Morgan fingerprint density at radius 2 is 1.23 bits per heavy atom. The van der Waals surface area contributed by atoms with E-state index >= 15 is 0 Å². The largest absolute Gasteiger partial charge is 0.438 e. The predicted octanol–water partition coefficient (Wildman–Crippen LogP) is 6.78. The van der Waals surface area contributed by atoms with Gasteiger partial charge in [0.2, 0.25) is 0 Å². The van der Waals surface area contributed by atoms with E-state index in [1.54, 1.807) is 12.1 Å². The zero-order valence-corrected chi connectivity index (χ0v) is 25.8. The van der Waals surface area contributed by atoms with Gasteiger partial charge < -0.3 is 9.47 Å². The topological polar surface area (TPSA) is 107 Å². The Balaban J connectivity index is 2.11. The van der Waals surface area contributed by atoms with E-state index in [9.17, 15) is 44.3 Å². The van der Waals surface area contributed by atoms with E-state index in [4.69, 9.17) is 9.29 Å². The maximum atomic E-state index is 13.6. The van der Waals surface area contributed by atoms with Crippen LogP contribution in [0.2, 0.25) is 0 Å². The van der Waals surface area contributed by atoms with Crippen LogP contribution in [-0.2, 0) is 14.9 Å². The molecule has 0 unspecified atom stereocenters. The van der Waals surface area contributed by atoms with Crippen molar-refractivity contribution in [1.82, 2.24) is 0 Å². The van der Waals surface area contributed by atoms with Gasteiger partial charge in [-0.1, -0.05) is 24.3 Å². The lowest BCUT2D eigenvalue weighted by Gasteiger charge is -2.35. The molecule has 0 amide bonds. The number of hydrogen-bond acceptors (Lipinski definition) is 6. The molecular weight excluding hydrogens is 903 g/mol. The van der Waals surface area contributed by atoms with Gasteiger partial charge in [-0.25, -0.2) is 9.59 Å². The summed E-state index contributed by atoms with van der Waals surface area (Å²) in [5.41, 5.74) is -6.60. The SMILES string of the molecule is O=C(Oc1c(I)ccc(I)c1I)c1cccc2c(C(=O)OC(CS(=O)(=O)O)(C(F)(F)F)C(F)(F)F)cccc12. The van der Waals surface area contributed by atoms with E-state index in [2.05, 4.69) is 4.74 Å². The smallest absolute Gasteiger partial charge is 0.435 e. The molecule has 0 aliphatic heterocycles. The molecule has 0 radical (unpaired) electrons. The van der Waals surface area contributed by atoms with Gasteiger partial charge >= 0.3 is 29.9 Å². The van der Waals surface area contributed by atoms with Crippen molar-refractivity contribution in [3.05, 3.63) is 70.4 Å². The van der Waals surface area contributed by atoms with Crippen LogP contribution in [0.3, 0.4) is 0 Å². The van der Waals surface area contributed by atoms with Crippen LogP contribution in [0.5, 0.6) is 5.75 Å². The highest BCUT2D eigenvalue weighted by Crippen LogP contribution is 2.47. The summed E-state index contributed by atoms with van der Waals surface area (Å²) in [6.07, 6.45) is -13.0. The summed E-state index contributed by atoms with van der Waals surface area (Å²) < 4.78 is 124. The summed E-state index contributed by atoms with van der Waals surface area (Å²) in [7, 11) is -5.96. The van der Waals surface area contributed by atoms with Crippen LogP contribution in [0.25, 0.3) is 10.8 Å². The first-order valence-corrected chi connectivity index (χ1v) is 14.8. The Bertz CT molecular complexity index is 1560. The van der Waals surface area contributed by atoms with Crippen molar-refractivity contribution in [2.75, 3.05) is 5.75 Å². The number of benzene rings is 3. The van der Waals surface area contributed by atoms with Crippen molar-refractivity contribution in [3.8, 4) is 5.75 Å². The Morgan fingerprint density at radius 3 is 1.69 bits per heavy atom. The highest BCUT2D eigenvalue weighted by molar-refractivity contribution is 14.1. The van der Waals surface area contributed by atoms with Crippen molar-refractivity contribution < 1.29 is 58.4 Å². The van der Waals surface area contributed by atoms with Crippen LogP contribution in [0.4, 0.5) is 26.3 Å². The molecule has 0 bridgehead atoms. The summed E-state index contributed by atoms with van der Waals surface area (Å²) >= 11 is 5.90. The first-order valence-electron chi connectivity index (χ1n) is 9.98. The maximum absolute atomic E-state index is 13.6. The quantitative estimate of drug-likeness (QED) is 0.0727. The lowest BCUT2D eigenvalue weighted by Crippen LogP contribution is -2.63. The van der Waals surface area contributed by atoms with Gasteiger partial charge in [-0.05, 0) is 103 Å². The van der Waals surface area contributed by atoms with Gasteiger partial charge in [0, 0.05) is 3.57 Å². The van der Waals surface area contributed by atoms with E-state index in [0.29, 0.717) is 7.14 Å². The third-order valence-electron chi connectivity index (χ3n) is 5.13. The first-order chi connectivity index (χ1) is 17.8. The third-order valence-corrected chi connectivity index (χ3v) is 9.75. The Labute approximate surface area is 256 Å². The first kappa shape index (κ1) is 32.1. The molecule has 0 saturated carbocycles. The van der Waals surface area contributed by atoms with Crippen LogP contribution < -0.4 is 4.74 Å². The molecule has 0 fully saturated rings. The minimum absolute atomic E-state index is 0.0769. The van der Waals surface area contributed by atoms with Crippen molar-refractivity contribution in [2.45, 2.75) is 18.0 Å². The zero-order valence-electron chi connectivity index (χ0n) is 18.5. The fraction of sp³-hybridized carbons (Fsp3) is 0.182. The van der Waals surface area contributed by atoms with Crippen LogP contribution in [0.15, 0.2) is 48.5 Å². The number of ether oxygens (including phenoxy) is 2. The number of carbonyl (C=O) groups excluding carboxylic acids is 2. The lowest BCUT2D eigenvalue weighted by molar-refractivity contribution is -0.356. The summed E-state index contributed by atoms with van der Waals surface area (Å²) in [4.78, 5) is 25.8.